The second-order valence-corrected chi connectivity index (χ2v) is 5.36. The van der Waals surface area contributed by atoms with E-state index in [0.717, 1.165) is 18.8 Å². The molecule has 1 fully saturated rings. The SMILES string of the molecule is C[C@@H](CO)CC[C@@H](N)CC1CCCCC1. The fourth-order valence-electron chi connectivity index (χ4n) is 2.56. The molecule has 3 N–H and O–H groups in total. The van der Waals surface area contributed by atoms with E-state index < -0.39 is 0 Å². The number of aliphatic hydroxyl groups excluding tert-OH is 1. The van der Waals surface area contributed by atoms with E-state index in [2.05, 4.69) is 6.92 Å². The minimum atomic E-state index is 0.302. The van der Waals surface area contributed by atoms with Crippen LogP contribution in [0.25, 0.3) is 0 Å². The highest BCUT2D eigenvalue weighted by Gasteiger charge is 2.16. The van der Waals surface area contributed by atoms with E-state index in [0.29, 0.717) is 18.6 Å². The third kappa shape index (κ3) is 5.53. The lowest BCUT2D eigenvalue weighted by Gasteiger charge is -2.25. The van der Waals surface area contributed by atoms with Crippen molar-refractivity contribution in [1.29, 1.82) is 0 Å². The van der Waals surface area contributed by atoms with E-state index in [4.69, 9.17) is 10.8 Å². The largest absolute Gasteiger partial charge is 0.396 e. The maximum Gasteiger partial charge on any atom is 0.0456 e. The van der Waals surface area contributed by atoms with Gasteiger partial charge in [0.25, 0.3) is 0 Å². The van der Waals surface area contributed by atoms with Crippen LogP contribution < -0.4 is 5.73 Å². The molecule has 1 aliphatic rings. The first-order valence-electron chi connectivity index (χ1n) is 6.58. The van der Waals surface area contributed by atoms with Gasteiger partial charge in [-0.25, -0.2) is 0 Å². The zero-order valence-corrected chi connectivity index (χ0v) is 10.1. The van der Waals surface area contributed by atoms with E-state index in [1.807, 2.05) is 0 Å². The van der Waals surface area contributed by atoms with Crippen molar-refractivity contribution in [2.45, 2.75) is 64.3 Å². The average Bonchev–Trinajstić information content (AvgIpc) is 2.27. The maximum atomic E-state index is 8.93. The van der Waals surface area contributed by atoms with E-state index in [1.54, 1.807) is 0 Å². The Labute approximate surface area is 94.2 Å². The highest BCUT2D eigenvalue weighted by Crippen LogP contribution is 2.27. The van der Waals surface area contributed by atoms with Crippen LogP contribution in [-0.2, 0) is 0 Å². The first kappa shape index (κ1) is 13.0. The Kier molecular flexibility index (Phi) is 6.26. The number of hydrogen-bond acceptors (Lipinski definition) is 2. The summed E-state index contributed by atoms with van der Waals surface area (Å²) in [5.41, 5.74) is 6.13. The topological polar surface area (TPSA) is 46.2 Å². The van der Waals surface area contributed by atoms with Gasteiger partial charge in [0.15, 0.2) is 0 Å². The van der Waals surface area contributed by atoms with Gasteiger partial charge in [-0.1, -0.05) is 39.0 Å². The van der Waals surface area contributed by atoms with Crippen molar-refractivity contribution in [2.24, 2.45) is 17.6 Å². The number of aliphatic hydroxyl groups is 1. The smallest absolute Gasteiger partial charge is 0.0456 e. The Hall–Kier alpha value is -0.0800. The first-order chi connectivity index (χ1) is 7.22. The number of rotatable bonds is 6. The summed E-state index contributed by atoms with van der Waals surface area (Å²) in [7, 11) is 0. The number of nitrogens with two attached hydrogens (primary N) is 1. The molecule has 0 aromatic heterocycles. The molecule has 15 heavy (non-hydrogen) atoms. The van der Waals surface area contributed by atoms with Crippen molar-refractivity contribution in [3.8, 4) is 0 Å². The van der Waals surface area contributed by atoms with Gasteiger partial charge >= 0.3 is 0 Å². The van der Waals surface area contributed by atoms with Gasteiger partial charge in [-0.15, -0.1) is 0 Å². The van der Waals surface area contributed by atoms with Crippen LogP contribution in [0, 0.1) is 11.8 Å². The van der Waals surface area contributed by atoms with Crippen LogP contribution in [0.15, 0.2) is 0 Å². The van der Waals surface area contributed by atoms with Crippen molar-refractivity contribution in [3.05, 3.63) is 0 Å². The quantitative estimate of drug-likeness (QED) is 0.712. The lowest BCUT2D eigenvalue weighted by Crippen LogP contribution is -2.25. The maximum absolute atomic E-state index is 8.93. The van der Waals surface area contributed by atoms with Crippen LogP contribution in [0.5, 0.6) is 0 Å². The minimum Gasteiger partial charge on any atom is -0.396 e. The fraction of sp³-hybridized carbons (Fsp3) is 1.00. The van der Waals surface area contributed by atoms with Crippen molar-refractivity contribution < 1.29 is 5.11 Å². The molecular formula is C13H27NO. The molecule has 90 valence electrons. The molecule has 0 aromatic rings. The van der Waals surface area contributed by atoms with Gasteiger partial charge in [-0.3, -0.25) is 0 Å². The molecule has 0 saturated heterocycles. The Morgan fingerprint density at radius 1 is 1.20 bits per heavy atom. The van der Waals surface area contributed by atoms with Crippen molar-refractivity contribution >= 4 is 0 Å². The molecular weight excluding hydrogens is 186 g/mol. The van der Waals surface area contributed by atoms with Crippen molar-refractivity contribution in [2.75, 3.05) is 6.61 Å². The molecule has 0 aliphatic heterocycles. The van der Waals surface area contributed by atoms with Gasteiger partial charge in [-0.2, -0.15) is 0 Å². The highest BCUT2D eigenvalue weighted by atomic mass is 16.3. The first-order valence-corrected chi connectivity index (χ1v) is 6.58. The van der Waals surface area contributed by atoms with E-state index in [9.17, 15) is 0 Å². The normalized spacial score (nSPS) is 22.6. The molecule has 0 amide bonds. The average molecular weight is 213 g/mol. The lowest BCUT2D eigenvalue weighted by molar-refractivity contribution is 0.222. The van der Waals surface area contributed by atoms with Gasteiger partial charge in [0.2, 0.25) is 0 Å². The molecule has 1 rings (SSSR count). The Bertz CT molecular complexity index is 155. The van der Waals surface area contributed by atoms with Crippen LogP contribution in [0.1, 0.15) is 58.3 Å². The van der Waals surface area contributed by atoms with E-state index in [1.165, 1.54) is 38.5 Å². The molecule has 0 bridgehead atoms. The van der Waals surface area contributed by atoms with Crippen LogP contribution in [0.3, 0.4) is 0 Å². The third-order valence-corrected chi connectivity index (χ3v) is 3.70. The Balaban J connectivity index is 2.08. The Morgan fingerprint density at radius 2 is 1.87 bits per heavy atom. The van der Waals surface area contributed by atoms with Crippen molar-refractivity contribution in [1.82, 2.24) is 0 Å². The van der Waals surface area contributed by atoms with Crippen LogP contribution in [-0.4, -0.2) is 17.8 Å². The molecule has 0 radical (unpaired) electrons. The summed E-state index contributed by atoms with van der Waals surface area (Å²) in [6, 6.07) is 0.363. The van der Waals surface area contributed by atoms with Crippen LogP contribution in [0.4, 0.5) is 0 Å². The van der Waals surface area contributed by atoms with E-state index >= 15 is 0 Å². The monoisotopic (exact) mass is 213 g/mol. The van der Waals surface area contributed by atoms with E-state index in [-0.39, 0.29) is 0 Å². The summed E-state index contributed by atoms with van der Waals surface area (Å²) >= 11 is 0. The lowest BCUT2D eigenvalue weighted by atomic mass is 9.84. The Morgan fingerprint density at radius 3 is 2.47 bits per heavy atom. The highest BCUT2D eigenvalue weighted by molar-refractivity contribution is 4.72. The van der Waals surface area contributed by atoms with Gasteiger partial charge in [-0.05, 0) is 31.1 Å². The van der Waals surface area contributed by atoms with Crippen molar-refractivity contribution in [3.63, 3.8) is 0 Å². The fourth-order valence-corrected chi connectivity index (χ4v) is 2.56. The van der Waals surface area contributed by atoms with Crippen LogP contribution >= 0.6 is 0 Å². The summed E-state index contributed by atoms with van der Waals surface area (Å²) in [4.78, 5) is 0. The molecule has 0 spiro atoms. The zero-order valence-electron chi connectivity index (χ0n) is 10.1. The van der Waals surface area contributed by atoms with Crippen LogP contribution in [0.2, 0.25) is 0 Å². The molecule has 0 unspecified atom stereocenters. The van der Waals surface area contributed by atoms with Gasteiger partial charge in [0.05, 0.1) is 0 Å². The molecule has 2 atom stereocenters. The zero-order chi connectivity index (χ0) is 11.1. The second-order valence-electron chi connectivity index (χ2n) is 5.36. The predicted molar refractivity (Wildman–Crippen MR) is 64.7 cm³/mol. The van der Waals surface area contributed by atoms with Gasteiger partial charge in [0.1, 0.15) is 0 Å². The second kappa shape index (κ2) is 7.24. The number of hydrogen-bond donors (Lipinski definition) is 2. The molecule has 0 aromatic carbocycles. The molecule has 1 aliphatic carbocycles. The predicted octanol–water partition coefficient (Wildman–Crippen LogP) is 2.69. The molecule has 0 heterocycles. The van der Waals surface area contributed by atoms with Gasteiger partial charge < -0.3 is 10.8 Å². The summed E-state index contributed by atoms with van der Waals surface area (Å²) in [5, 5.41) is 8.93. The van der Waals surface area contributed by atoms with Gasteiger partial charge in [0, 0.05) is 12.6 Å². The summed E-state index contributed by atoms with van der Waals surface area (Å²) in [6.07, 6.45) is 10.4. The summed E-state index contributed by atoms with van der Waals surface area (Å²) < 4.78 is 0. The summed E-state index contributed by atoms with van der Waals surface area (Å²) in [6.45, 7) is 2.39. The standard InChI is InChI=1S/C13H27NO/c1-11(10-15)7-8-13(14)9-12-5-3-2-4-6-12/h11-13,15H,2-10,14H2,1H3/t11-,13-/m1/s1. The molecule has 1 saturated carbocycles. The third-order valence-electron chi connectivity index (χ3n) is 3.70. The summed E-state index contributed by atoms with van der Waals surface area (Å²) in [5.74, 6) is 1.31. The molecule has 2 nitrogen and oxygen atoms in total. The molecule has 2 heteroatoms. The minimum absolute atomic E-state index is 0.302.